The summed E-state index contributed by atoms with van der Waals surface area (Å²) in [6, 6.07) is 3.88. The molecule has 0 bridgehead atoms. The number of halogens is 3. The third-order valence-corrected chi connectivity index (χ3v) is 4.90. The van der Waals surface area contributed by atoms with Crippen molar-refractivity contribution in [3.8, 4) is 0 Å². The minimum atomic E-state index is -0.376. The summed E-state index contributed by atoms with van der Waals surface area (Å²) in [5.41, 5.74) is 6.57. The zero-order valence-corrected chi connectivity index (χ0v) is 12.4. The van der Waals surface area contributed by atoms with E-state index in [1.165, 1.54) is 24.6 Å². The Labute approximate surface area is 124 Å². The van der Waals surface area contributed by atoms with Crippen LogP contribution in [0.3, 0.4) is 0 Å². The van der Waals surface area contributed by atoms with Gasteiger partial charge in [-0.2, -0.15) is 0 Å². The van der Waals surface area contributed by atoms with Gasteiger partial charge >= 0.3 is 0 Å². The molecule has 0 radical (unpaired) electrons. The summed E-state index contributed by atoms with van der Waals surface area (Å²) in [5.74, 6) is 0.461. The predicted octanol–water partition coefficient (Wildman–Crippen LogP) is 3.12. The fraction of sp³-hybridized carbons (Fsp3) is 0.600. The van der Waals surface area contributed by atoms with Gasteiger partial charge in [-0.05, 0) is 49.8 Å². The highest BCUT2D eigenvalue weighted by Gasteiger charge is 2.42. The van der Waals surface area contributed by atoms with Gasteiger partial charge in [-0.25, -0.2) is 8.78 Å². The van der Waals surface area contributed by atoms with Crippen LogP contribution in [0.1, 0.15) is 31.4 Å². The van der Waals surface area contributed by atoms with E-state index in [4.69, 9.17) is 5.73 Å². The van der Waals surface area contributed by atoms with Crippen molar-refractivity contribution in [1.29, 1.82) is 0 Å². The molecule has 1 saturated carbocycles. The molecular weight excluding hydrogens is 282 g/mol. The van der Waals surface area contributed by atoms with Crippen molar-refractivity contribution in [3.05, 3.63) is 35.4 Å². The van der Waals surface area contributed by atoms with Gasteiger partial charge in [0.05, 0.1) is 0 Å². The van der Waals surface area contributed by atoms with Gasteiger partial charge in [0.25, 0.3) is 0 Å². The fourth-order valence-corrected chi connectivity index (χ4v) is 3.69. The van der Waals surface area contributed by atoms with Gasteiger partial charge in [-0.1, -0.05) is 0 Å². The molecule has 1 aromatic rings. The number of rotatable bonds is 2. The van der Waals surface area contributed by atoms with E-state index >= 15 is 0 Å². The number of benzene rings is 1. The lowest BCUT2D eigenvalue weighted by Gasteiger charge is -2.26. The molecule has 4 unspecified atom stereocenters. The van der Waals surface area contributed by atoms with Crippen LogP contribution in [0.15, 0.2) is 18.2 Å². The molecule has 1 saturated heterocycles. The fourth-order valence-electron chi connectivity index (χ4n) is 3.69. The van der Waals surface area contributed by atoms with Crippen LogP contribution >= 0.6 is 12.4 Å². The molecular formula is C15H21ClF2N2. The molecule has 2 N–H and O–H groups in total. The van der Waals surface area contributed by atoms with E-state index < -0.39 is 0 Å². The molecule has 1 aliphatic heterocycles. The number of hydrogen-bond donors (Lipinski definition) is 1. The van der Waals surface area contributed by atoms with E-state index in [0.717, 1.165) is 19.5 Å². The largest absolute Gasteiger partial charge is 0.327 e. The normalized spacial score (nSPS) is 30.9. The van der Waals surface area contributed by atoms with E-state index in [0.29, 0.717) is 17.4 Å². The molecule has 2 fully saturated rings. The quantitative estimate of drug-likeness (QED) is 0.909. The van der Waals surface area contributed by atoms with Crippen LogP contribution < -0.4 is 5.73 Å². The summed E-state index contributed by atoms with van der Waals surface area (Å²) in [5, 5.41) is 0. The van der Waals surface area contributed by atoms with Crippen molar-refractivity contribution >= 4 is 12.4 Å². The number of nitrogens with zero attached hydrogens (tertiary/aromatic N) is 1. The molecule has 1 heterocycles. The van der Waals surface area contributed by atoms with Crippen molar-refractivity contribution in [3.63, 3.8) is 0 Å². The topological polar surface area (TPSA) is 29.3 Å². The second-order valence-electron chi connectivity index (χ2n) is 5.96. The highest BCUT2D eigenvalue weighted by Crippen LogP contribution is 2.40. The molecule has 112 valence electrons. The van der Waals surface area contributed by atoms with Gasteiger partial charge in [0.15, 0.2) is 0 Å². The Morgan fingerprint density at radius 3 is 2.70 bits per heavy atom. The van der Waals surface area contributed by atoms with Crippen LogP contribution in [0, 0.1) is 23.5 Å². The Hall–Kier alpha value is -0.710. The van der Waals surface area contributed by atoms with Gasteiger partial charge in [0.1, 0.15) is 11.6 Å². The van der Waals surface area contributed by atoms with Crippen molar-refractivity contribution in [2.24, 2.45) is 17.6 Å². The minimum absolute atomic E-state index is 0. The molecule has 2 nitrogen and oxygen atoms in total. The van der Waals surface area contributed by atoms with E-state index in [9.17, 15) is 8.78 Å². The highest BCUT2D eigenvalue weighted by molar-refractivity contribution is 5.85. The van der Waals surface area contributed by atoms with Gasteiger partial charge < -0.3 is 5.73 Å². The summed E-state index contributed by atoms with van der Waals surface area (Å²) in [6.07, 6.45) is 2.27. The Morgan fingerprint density at radius 2 is 2.00 bits per heavy atom. The predicted molar refractivity (Wildman–Crippen MR) is 77.8 cm³/mol. The first-order chi connectivity index (χ1) is 9.06. The van der Waals surface area contributed by atoms with Crippen LogP contribution in [-0.4, -0.2) is 24.0 Å². The summed E-state index contributed by atoms with van der Waals surface area (Å²) in [4.78, 5) is 2.24. The maximum atomic E-state index is 13.8. The van der Waals surface area contributed by atoms with Crippen molar-refractivity contribution in [2.75, 3.05) is 13.1 Å². The second kappa shape index (κ2) is 5.96. The van der Waals surface area contributed by atoms with Crippen LogP contribution in [0.2, 0.25) is 0 Å². The monoisotopic (exact) mass is 302 g/mol. The van der Waals surface area contributed by atoms with E-state index in [2.05, 4.69) is 4.90 Å². The van der Waals surface area contributed by atoms with E-state index in [1.54, 1.807) is 0 Å². The summed E-state index contributed by atoms with van der Waals surface area (Å²) in [7, 11) is 0. The van der Waals surface area contributed by atoms with Gasteiger partial charge in [0, 0.05) is 30.7 Å². The second-order valence-corrected chi connectivity index (χ2v) is 5.96. The average Bonchev–Trinajstić information content (AvgIpc) is 2.94. The summed E-state index contributed by atoms with van der Waals surface area (Å²) >= 11 is 0. The summed E-state index contributed by atoms with van der Waals surface area (Å²) < 4.78 is 27.1. The first-order valence-electron chi connectivity index (χ1n) is 7.01. The van der Waals surface area contributed by atoms with Gasteiger partial charge in [0.2, 0.25) is 0 Å². The smallest absolute Gasteiger partial charge is 0.128 e. The average molecular weight is 303 g/mol. The molecule has 5 heteroatoms. The number of likely N-dealkylation sites (tertiary alicyclic amines) is 1. The Bertz CT molecular complexity index is 483. The molecule has 0 spiro atoms. The van der Waals surface area contributed by atoms with Crippen molar-refractivity contribution in [1.82, 2.24) is 4.90 Å². The molecule has 4 atom stereocenters. The maximum absolute atomic E-state index is 13.8. The number of fused-ring (bicyclic) bond motifs is 1. The van der Waals surface area contributed by atoms with Crippen molar-refractivity contribution in [2.45, 2.75) is 31.8 Å². The van der Waals surface area contributed by atoms with Crippen LogP contribution in [-0.2, 0) is 0 Å². The zero-order valence-electron chi connectivity index (χ0n) is 11.6. The molecule has 0 aromatic heterocycles. The SMILES string of the molecule is CC(c1cc(F)ccc1F)N1CC2CCC(N)C2C1.Cl. The lowest BCUT2D eigenvalue weighted by Crippen LogP contribution is -2.31. The van der Waals surface area contributed by atoms with Crippen LogP contribution in [0.5, 0.6) is 0 Å². The van der Waals surface area contributed by atoms with Gasteiger partial charge in [-0.3, -0.25) is 4.90 Å². The lowest BCUT2D eigenvalue weighted by molar-refractivity contribution is 0.234. The third kappa shape index (κ3) is 2.69. The summed E-state index contributed by atoms with van der Waals surface area (Å²) in [6.45, 7) is 3.81. The molecule has 1 aromatic carbocycles. The molecule has 3 rings (SSSR count). The Kier molecular flexibility index (Phi) is 4.67. The molecule has 0 amide bonds. The maximum Gasteiger partial charge on any atom is 0.128 e. The Balaban J connectivity index is 0.00000147. The van der Waals surface area contributed by atoms with Crippen molar-refractivity contribution < 1.29 is 8.78 Å². The van der Waals surface area contributed by atoms with E-state index in [-0.39, 0.29) is 36.1 Å². The number of hydrogen-bond acceptors (Lipinski definition) is 2. The highest BCUT2D eigenvalue weighted by atomic mass is 35.5. The first kappa shape index (κ1) is 15.7. The third-order valence-electron chi connectivity index (χ3n) is 4.90. The first-order valence-corrected chi connectivity index (χ1v) is 7.01. The molecule has 2 aliphatic rings. The zero-order chi connectivity index (χ0) is 13.6. The van der Waals surface area contributed by atoms with E-state index in [1.807, 2.05) is 6.92 Å². The Morgan fingerprint density at radius 1 is 1.25 bits per heavy atom. The standard InChI is InChI=1S/C15H20F2N2.ClH/c1-9(12-6-11(16)3-4-14(12)17)19-7-10-2-5-15(18)13(10)8-19;/h3-4,6,9-10,13,15H,2,5,7-8,18H2,1H3;1H. The molecule has 1 aliphatic carbocycles. The van der Waals surface area contributed by atoms with Crippen LogP contribution in [0.4, 0.5) is 8.78 Å². The lowest BCUT2D eigenvalue weighted by atomic mass is 9.98. The number of nitrogens with two attached hydrogens (primary N) is 1. The minimum Gasteiger partial charge on any atom is -0.327 e. The van der Waals surface area contributed by atoms with Crippen LogP contribution in [0.25, 0.3) is 0 Å². The molecule has 20 heavy (non-hydrogen) atoms. The van der Waals surface area contributed by atoms with Gasteiger partial charge in [-0.15, -0.1) is 12.4 Å².